The average molecular weight is 318 g/mol. The number of benzene rings is 1. The third-order valence-electron chi connectivity index (χ3n) is 4.17. The first-order valence-corrected chi connectivity index (χ1v) is 8.24. The molecule has 2 rings (SSSR count). The molecule has 0 radical (unpaired) electrons. The molecule has 0 aliphatic heterocycles. The first-order chi connectivity index (χ1) is 11.0. The Balaban J connectivity index is 2.00. The van der Waals surface area contributed by atoms with E-state index in [1.54, 1.807) is 0 Å². The van der Waals surface area contributed by atoms with Crippen molar-refractivity contribution < 1.29 is 14.3 Å². The molecule has 0 aromatic heterocycles. The number of hydrogen-bond acceptors (Lipinski definition) is 3. The van der Waals surface area contributed by atoms with Gasteiger partial charge in [-0.15, -0.1) is 0 Å². The van der Waals surface area contributed by atoms with Crippen LogP contribution in [0.5, 0.6) is 0 Å². The number of carbonyl (C=O) groups excluding carboxylic acids is 2. The van der Waals surface area contributed by atoms with Crippen molar-refractivity contribution in [1.29, 1.82) is 0 Å². The van der Waals surface area contributed by atoms with Gasteiger partial charge in [0.2, 0.25) is 0 Å². The number of methoxy groups -OCH3 is 1. The van der Waals surface area contributed by atoms with Gasteiger partial charge in [-0.05, 0) is 42.7 Å². The summed E-state index contributed by atoms with van der Waals surface area (Å²) in [5.41, 5.74) is 2.46. The van der Waals surface area contributed by atoms with Crippen molar-refractivity contribution in [2.75, 3.05) is 7.11 Å². The number of urea groups is 1. The molecule has 1 aromatic rings. The van der Waals surface area contributed by atoms with Crippen LogP contribution in [-0.4, -0.2) is 25.2 Å². The Labute approximate surface area is 137 Å². The summed E-state index contributed by atoms with van der Waals surface area (Å²) < 4.78 is 4.78. The summed E-state index contributed by atoms with van der Waals surface area (Å²) in [7, 11) is 1.34. The maximum Gasteiger partial charge on any atom is 0.328 e. The van der Waals surface area contributed by atoms with Crippen molar-refractivity contribution in [1.82, 2.24) is 10.6 Å². The van der Waals surface area contributed by atoms with Crippen molar-refractivity contribution in [3.8, 4) is 0 Å². The van der Waals surface area contributed by atoms with Gasteiger partial charge in [-0.25, -0.2) is 9.59 Å². The number of rotatable bonds is 5. The number of aryl methyl sites for hydroxylation is 1. The summed E-state index contributed by atoms with van der Waals surface area (Å²) in [5, 5.41) is 5.75. The van der Waals surface area contributed by atoms with Gasteiger partial charge in [0.25, 0.3) is 0 Å². The van der Waals surface area contributed by atoms with E-state index >= 15 is 0 Å². The number of hydrogen-bond donors (Lipinski definition) is 2. The summed E-state index contributed by atoms with van der Waals surface area (Å²) >= 11 is 0. The lowest BCUT2D eigenvalue weighted by Crippen LogP contribution is -2.48. The molecule has 1 aromatic carbocycles. The van der Waals surface area contributed by atoms with Crippen molar-refractivity contribution in [3.63, 3.8) is 0 Å². The molecule has 23 heavy (non-hydrogen) atoms. The Morgan fingerprint density at radius 2 is 2.04 bits per heavy atom. The topological polar surface area (TPSA) is 67.4 Å². The number of esters is 1. The van der Waals surface area contributed by atoms with Crippen LogP contribution in [0.4, 0.5) is 4.79 Å². The van der Waals surface area contributed by atoms with Gasteiger partial charge in [0.15, 0.2) is 0 Å². The first-order valence-electron chi connectivity index (χ1n) is 8.24. The van der Waals surface area contributed by atoms with E-state index in [-0.39, 0.29) is 18.0 Å². The Morgan fingerprint density at radius 3 is 2.74 bits per heavy atom. The molecule has 0 unspecified atom stereocenters. The minimum Gasteiger partial charge on any atom is -0.467 e. The molecule has 0 fully saturated rings. The fraction of sp³-hybridized carbons (Fsp3) is 0.556. The van der Waals surface area contributed by atoms with Gasteiger partial charge in [-0.2, -0.15) is 0 Å². The second-order valence-corrected chi connectivity index (χ2v) is 6.47. The largest absolute Gasteiger partial charge is 0.467 e. The van der Waals surface area contributed by atoms with Crippen LogP contribution in [0.3, 0.4) is 0 Å². The van der Waals surface area contributed by atoms with E-state index in [1.807, 2.05) is 26.0 Å². The van der Waals surface area contributed by atoms with E-state index < -0.39 is 12.0 Å². The van der Waals surface area contributed by atoms with Gasteiger partial charge in [0.1, 0.15) is 6.04 Å². The molecule has 0 spiro atoms. The number of fused-ring (bicyclic) bond motifs is 1. The van der Waals surface area contributed by atoms with Crippen LogP contribution in [0.25, 0.3) is 0 Å². The number of nitrogens with one attached hydrogen (secondary N) is 2. The molecule has 1 aliphatic rings. The first kappa shape index (κ1) is 17.3. The van der Waals surface area contributed by atoms with Crippen LogP contribution in [0.1, 0.15) is 50.3 Å². The van der Waals surface area contributed by atoms with Crippen molar-refractivity contribution in [2.45, 2.75) is 51.6 Å². The SMILES string of the molecule is COC(=O)[C@@H](CC(C)C)NC(=O)N[C@H]1CCCc2ccccc21. The van der Waals surface area contributed by atoms with Crippen LogP contribution in [-0.2, 0) is 16.0 Å². The van der Waals surface area contributed by atoms with Gasteiger partial charge in [0.05, 0.1) is 13.2 Å². The molecule has 2 N–H and O–H groups in total. The van der Waals surface area contributed by atoms with Gasteiger partial charge in [-0.1, -0.05) is 38.1 Å². The zero-order chi connectivity index (χ0) is 16.8. The predicted octanol–water partition coefficient (Wildman–Crippen LogP) is 2.95. The Kier molecular flexibility index (Phi) is 6.02. The van der Waals surface area contributed by atoms with E-state index in [1.165, 1.54) is 18.2 Å². The predicted molar refractivity (Wildman–Crippen MR) is 89.0 cm³/mol. The Hall–Kier alpha value is -2.04. The third-order valence-corrected chi connectivity index (χ3v) is 4.17. The highest BCUT2D eigenvalue weighted by Gasteiger charge is 2.25. The quantitative estimate of drug-likeness (QED) is 0.820. The molecule has 5 nitrogen and oxygen atoms in total. The molecular weight excluding hydrogens is 292 g/mol. The highest BCUT2D eigenvalue weighted by molar-refractivity contribution is 5.83. The fourth-order valence-corrected chi connectivity index (χ4v) is 3.09. The van der Waals surface area contributed by atoms with Crippen molar-refractivity contribution in [3.05, 3.63) is 35.4 Å². The summed E-state index contributed by atoms with van der Waals surface area (Å²) in [6, 6.07) is 7.26. The molecule has 1 aliphatic carbocycles. The second-order valence-electron chi connectivity index (χ2n) is 6.47. The van der Waals surface area contributed by atoms with Crippen LogP contribution in [0, 0.1) is 5.92 Å². The van der Waals surface area contributed by atoms with Gasteiger partial charge < -0.3 is 15.4 Å². The number of carbonyl (C=O) groups is 2. The van der Waals surface area contributed by atoms with E-state index in [0.717, 1.165) is 19.3 Å². The standard InChI is InChI=1S/C18H26N2O3/c1-12(2)11-16(17(21)23-3)20-18(22)19-15-10-6-8-13-7-4-5-9-14(13)15/h4-5,7,9,12,15-16H,6,8,10-11H2,1-3H3,(H2,19,20,22)/t15-,16+/m0/s1. The lowest BCUT2D eigenvalue weighted by atomic mass is 9.88. The molecular formula is C18H26N2O3. The molecule has 0 saturated carbocycles. The Morgan fingerprint density at radius 1 is 1.30 bits per heavy atom. The van der Waals surface area contributed by atoms with E-state index in [9.17, 15) is 9.59 Å². The molecule has 2 atom stereocenters. The summed E-state index contributed by atoms with van der Waals surface area (Å²) in [6.07, 6.45) is 3.57. The van der Waals surface area contributed by atoms with Crippen LogP contribution in [0.2, 0.25) is 0 Å². The lowest BCUT2D eigenvalue weighted by Gasteiger charge is -2.27. The van der Waals surface area contributed by atoms with E-state index in [2.05, 4.69) is 22.8 Å². The maximum absolute atomic E-state index is 12.3. The molecule has 0 saturated heterocycles. The summed E-state index contributed by atoms with van der Waals surface area (Å²) in [4.78, 5) is 24.1. The van der Waals surface area contributed by atoms with Gasteiger partial charge in [-0.3, -0.25) is 0 Å². The second kappa shape index (κ2) is 7.99. The van der Waals surface area contributed by atoms with E-state index in [4.69, 9.17) is 4.74 Å². The van der Waals surface area contributed by atoms with Crippen molar-refractivity contribution in [2.24, 2.45) is 5.92 Å². The maximum atomic E-state index is 12.3. The molecule has 0 bridgehead atoms. The highest BCUT2D eigenvalue weighted by Crippen LogP contribution is 2.29. The monoisotopic (exact) mass is 318 g/mol. The van der Waals surface area contributed by atoms with Crippen LogP contribution < -0.4 is 10.6 Å². The normalized spacial score (nSPS) is 18.0. The molecule has 5 heteroatoms. The molecule has 126 valence electrons. The Bertz CT molecular complexity index is 557. The van der Waals surface area contributed by atoms with Gasteiger partial charge in [0, 0.05) is 0 Å². The smallest absolute Gasteiger partial charge is 0.328 e. The average Bonchev–Trinajstić information content (AvgIpc) is 2.53. The van der Waals surface area contributed by atoms with Gasteiger partial charge >= 0.3 is 12.0 Å². The van der Waals surface area contributed by atoms with E-state index in [0.29, 0.717) is 6.42 Å². The molecule has 2 amide bonds. The summed E-state index contributed by atoms with van der Waals surface area (Å²) in [6.45, 7) is 4.01. The fourth-order valence-electron chi connectivity index (χ4n) is 3.09. The molecule has 0 heterocycles. The minimum atomic E-state index is -0.612. The number of amides is 2. The van der Waals surface area contributed by atoms with Crippen LogP contribution >= 0.6 is 0 Å². The minimum absolute atomic E-state index is 0.00250. The lowest BCUT2D eigenvalue weighted by molar-refractivity contribution is -0.143. The summed E-state index contributed by atoms with van der Waals surface area (Å²) in [5.74, 6) is -0.118. The number of ether oxygens (including phenoxy) is 1. The third kappa shape index (κ3) is 4.71. The van der Waals surface area contributed by atoms with Crippen LogP contribution in [0.15, 0.2) is 24.3 Å². The highest BCUT2D eigenvalue weighted by atomic mass is 16.5. The zero-order valence-corrected chi connectivity index (χ0v) is 14.1. The van der Waals surface area contributed by atoms with Crippen molar-refractivity contribution >= 4 is 12.0 Å². The zero-order valence-electron chi connectivity index (χ0n) is 14.1.